The van der Waals surface area contributed by atoms with E-state index in [1.54, 1.807) is 24.0 Å². The van der Waals surface area contributed by atoms with Gasteiger partial charge in [0.25, 0.3) is 5.91 Å². The van der Waals surface area contributed by atoms with E-state index in [0.29, 0.717) is 11.9 Å². The van der Waals surface area contributed by atoms with Crippen molar-refractivity contribution in [3.63, 3.8) is 0 Å². The van der Waals surface area contributed by atoms with Crippen molar-refractivity contribution in [1.29, 1.82) is 5.26 Å². The van der Waals surface area contributed by atoms with Gasteiger partial charge in [-0.15, -0.1) is 0 Å². The minimum atomic E-state index is -1.08. The lowest BCUT2D eigenvalue weighted by Gasteiger charge is -2.19. The molecule has 1 aliphatic rings. The molecule has 0 spiro atoms. The van der Waals surface area contributed by atoms with E-state index in [1.807, 2.05) is 6.07 Å². The van der Waals surface area contributed by atoms with Crippen LogP contribution in [0.5, 0.6) is 0 Å². The maximum absolute atomic E-state index is 13.9. The number of carbonyl (C=O) groups is 1. The number of aromatic nitrogens is 2. The molecule has 3 rings (SSSR count). The standard InChI is InChI=1S/C14H10F2N4O/c1-19-3-2-18-12(19)7-20-11(6-17)13-9(14(20)21)4-8(15)5-10(13)16/h2-5,11H,7H2,1H3. The summed E-state index contributed by atoms with van der Waals surface area (Å²) in [5.41, 5.74) is -0.175. The molecule has 1 amide bonds. The van der Waals surface area contributed by atoms with E-state index in [9.17, 15) is 18.8 Å². The minimum Gasteiger partial charge on any atom is -0.337 e. The van der Waals surface area contributed by atoms with E-state index in [1.165, 1.54) is 4.90 Å². The number of benzene rings is 1. The third-order valence-corrected chi connectivity index (χ3v) is 3.53. The second-order valence-electron chi connectivity index (χ2n) is 4.77. The van der Waals surface area contributed by atoms with Crippen LogP contribution in [0.4, 0.5) is 8.78 Å². The van der Waals surface area contributed by atoms with Gasteiger partial charge in [0.1, 0.15) is 23.5 Å². The topological polar surface area (TPSA) is 61.9 Å². The van der Waals surface area contributed by atoms with Crippen molar-refractivity contribution in [3.8, 4) is 6.07 Å². The highest BCUT2D eigenvalue weighted by Gasteiger charge is 2.40. The summed E-state index contributed by atoms with van der Waals surface area (Å²) in [6.07, 6.45) is 3.26. The van der Waals surface area contributed by atoms with Gasteiger partial charge in [-0.25, -0.2) is 13.8 Å². The van der Waals surface area contributed by atoms with Gasteiger partial charge in [0, 0.05) is 31.1 Å². The lowest BCUT2D eigenvalue weighted by Crippen LogP contribution is -2.28. The molecule has 0 aliphatic carbocycles. The van der Waals surface area contributed by atoms with Crippen molar-refractivity contribution in [2.45, 2.75) is 12.6 Å². The number of halogens is 2. The second-order valence-corrected chi connectivity index (χ2v) is 4.77. The van der Waals surface area contributed by atoms with Gasteiger partial charge >= 0.3 is 0 Å². The van der Waals surface area contributed by atoms with E-state index in [0.717, 1.165) is 6.07 Å². The molecule has 2 aromatic rings. The molecule has 1 unspecified atom stereocenters. The molecule has 106 valence electrons. The fourth-order valence-electron chi connectivity index (χ4n) is 2.47. The Morgan fingerprint density at radius 2 is 2.19 bits per heavy atom. The van der Waals surface area contributed by atoms with Crippen molar-refractivity contribution in [1.82, 2.24) is 14.5 Å². The zero-order valence-electron chi connectivity index (χ0n) is 11.0. The summed E-state index contributed by atoms with van der Waals surface area (Å²) in [5, 5.41) is 9.26. The molecule has 0 fully saturated rings. The summed E-state index contributed by atoms with van der Waals surface area (Å²) >= 11 is 0. The molecular weight excluding hydrogens is 278 g/mol. The van der Waals surface area contributed by atoms with Crippen molar-refractivity contribution in [3.05, 3.63) is 53.1 Å². The van der Waals surface area contributed by atoms with Gasteiger partial charge in [-0.2, -0.15) is 5.26 Å². The second kappa shape index (κ2) is 4.66. The minimum absolute atomic E-state index is 0.0519. The SMILES string of the molecule is Cn1ccnc1CN1C(=O)c2cc(F)cc(F)c2C1C#N. The van der Waals surface area contributed by atoms with Gasteiger partial charge in [-0.3, -0.25) is 4.79 Å². The predicted octanol–water partition coefficient (Wildman–Crippen LogP) is 1.92. The van der Waals surface area contributed by atoms with E-state index in [4.69, 9.17) is 0 Å². The smallest absolute Gasteiger partial charge is 0.256 e. The highest BCUT2D eigenvalue weighted by molar-refractivity contribution is 5.99. The van der Waals surface area contributed by atoms with E-state index in [2.05, 4.69) is 4.98 Å². The molecule has 21 heavy (non-hydrogen) atoms. The normalized spacial score (nSPS) is 17.0. The van der Waals surface area contributed by atoms with Crippen molar-refractivity contribution in [2.24, 2.45) is 7.05 Å². The molecule has 0 saturated heterocycles. The van der Waals surface area contributed by atoms with E-state index in [-0.39, 0.29) is 17.7 Å². The summed E-state index contributed by atoms with van der Waals surface area (Å²) in [6.45, 7) is 0.0519. The first-order chi connectivity index (χ1) is 10.0. The van der Waals surface area contributed by atoms with Crippen LogP contribution in [0, 0.1) is 23.0 Å². The Balaban J connectivity index is 2.05. The van der Waals surface area contributed by atoms with Gasteiger partial charge in [0.15, 0.2) is 0 Å². The number of carbonyl (C=O) groups excluding carboxylic acids is 1. The van der Waals surface area contributed by atoms with E-state index >= 15 is 0 Å². The number of amides is 1. The fraction of sp³-hybridized carbons (Fsp3) is 0.214. The molecule has 1 aliphatic heterocycles. The van der Waals surface area contributed by atoms with Crippen LogP contribution in [0.15, 0.2) is 24.5 Å². The third-order valence-electron chi connectivity index (χ3n) is 3.53. The Hall–Kier alpha value is -2.75. The zero-order chi connectivity index (χ0) is 15.1. The lowest BCUT2D eigenvalue weighted by atomic mass is 10.0. The number of hydrogen-bond donors (Lipinski definition) is 0. The van der Waals surface area contributed by atoms with Crippen LogP contribution in [0.3, 0.4) is 0 Å². The summed E-state index contributed by atoms with van der Waals surface area (Å²) < 4.78 is 28.9. The molecule has 1 aromatic heterocycles. The molecule has 0 N–H and O–H groups in total. The largest absolute Gasteiger partial charge is 0.337 e. The average molecular weight is 288 g/mol. The van der Waals surface area contributed by atoms with Crippen molar-refractivity contribution >= 4 is 5.91 Å². The van der Waals surface area contributed by atoms with Crippen LogP contribution >= 0.6 is 0 Å². The number of imidazole rings is 1. The van der Waals surface area contributed by atoms with Gasteiger partial charge in [-0.05, 0) is 6.07 Å². The third kappa shape index (κ3) is 1.96. The molecule has 0 saturated carbocycles. The van der Waals surface area contributed by atoms with Crippen LogP contribution < -0.4 is 0 Å². The summed E-state index contributed by atoms with van der Waals surface area (Å²) in [5.74, 6) is -1.74. The molecule has 0 radical (unpaired) electrons. The number of nitriles is 1. The van der Waals surface area contributed by atoms with Gasteiger partial charge in [0.2, 0.25) is 0 Å². The Labute approximate surface area is 119 Å². The number of hydrogen-bond acceptors (Lipinski definition) is 3. The Bertz CT molecular complexity index is 778. The number of fused-ring (bicyclic) bond motifs is 1. The first-order valence-corrected chi connectivity index (χ1v) is 6.18. The van der Waals surface area contributed by atoms with Crippen LogP contribution in [0.2, 0.25) is 0 Å². The molecule has 0 bridgehead atoms. The molecule has 7 heteroatoms. The summed E-state index contributed by atoms with van der Waals surface area (Å²) in [4.78, 5) is 17.6. The highest BCUT2D eigenvalue weighted by Crippen LogP contribution is 2.36. The molecular formula is C14H10F2N4O. The van der Waals surface area contributed by atoms with Crippen LogP contribution in [0.1, 0.15) is 27.8 Å². The van der Waals surface area contributed by atoms with Gasteiger partial charge < -0.3 is 9.47 Å². The molecule has 1 atom stereocenters. The Morgan fingerprint density at radius 3 is 2.81 bits per heavy atom. The quantitative estimate of drug-likeness (QED) is 0.848. The molecule has 2 heterocycles. The fourth-order valence-corrected chi connectivity index (χ4v) is 2.47. The maximum Gasteiger partial charge on any atom is 0.256 e. The van der Waals surface area contributed by atoms with Gasteiger partial charge in [-0.1, -0.05) is 0 Å². The number of rotatable bonds is 2. The van der Waals surface area contributed by atoms with Gasteiger partial charge in [0.05, 0.1) is 18.2 Å². The maximum atomic E-state index is 13.9. The summed E-state index contributed by atoms with van der Waals surface area (Å²) in [7, 11) is 1.75. The summed E-state index contributed by atoms with van der Waals surface area (Å²) in [6, 6.07) is 2.46. The average Bonchev–Trinajstić information content (AvgIpc) is 2.95. The first kappa shape index (κ1) is 13.2. The lowest BCUT2D eigenvalue weighted by molar-refractivity contribution is 0.0737. The van der Waals surface area contributed by atoms with Crippen LogP contribution in [0.25, 0.3) is 0 Å². The Morgan fingerprint density at radius 1 is 1.43 bits per heavy atom. The highest BCUT2D eigenvalue weighted by atomic mass is 19.1. The molecule has 1 aromatic carbocycles. The van der Waals surface area contributed by atoms with E-state index < -0.39 is 23.6 Å². The monoisotopic (exact) mass is 288 g/mol. The predicted molar refractivity (Wildman–Crippen MR) is 67.8 cm³/mol. The first-order valence-electron chi connectivity index (χ1n) is 6.18. The van der Waals surface area contributed by atoms with Crippen molar-refractivity contribution in [2.75, 3.05) is 0 Å². The molecule has 5 nitrogen and oxygen atoms in total. The number of aryl methyl sites for hydroxylation is 1. The zero-order valence-corrected chi connectivity index (χ0v) is 11.0. The van der Waals surface area contributed by atoms with Crippen LogP contribution in [-0.4, -0.2) is 20.4 Å². The van der Waals surface area contributed by atoms with Crippen molar-refractivity contribution < 1.29 is 13.6 Å². The number of nitrogens with zero attached hydrogens (tertiary/aromatic N) is 4. The van der Waals surface area contributed by atoms with Crippen LogP contribution in [-0.2, 0) is 13.6 Å². The Kier molecular flexibility index (Phi) is 2.94.